The second-order valence-corrected chi connectivity index (χ2v) is 9.12. The van der Waals surface area contributed by atoms with Gasteiger partial charge in [-0.05, 0) is 48.1 Å². The molecule has 0 aliphatic carbocycles. The summed E-state index contributed by atoms with van der Waals surface area (Å²) in [7, 11) is 0. The van der Waals surface area contributed by atoms with Gasteiger partial charge in [0, 0.05) is 18.0 Å². The van der Waals surface area contributed by atoms with Crippen molar-refractivity contribution in [1.29, 1.82) is 5.26 Å². The molecule has 31 heavy (non-hydrogen) atoms. The van der Waals surface area contributed by atoms with E-state index in [1.165, 1.54) is 17.3 Å². The van der Waals surface area contributed by atoms with Crippen LogP contribution in [0, 0.1) is 25.2 Å². The zero-order chi connectivity index (χ0) is 22.5. The molecule has 0 aromatic heterocycles. The molecule has 1 heterocycles. The van der Waals surface area contributed by atoms with Crippen LogP contribution in [0.2, 0.25) is 0 Å². The van der Waals surface area contributed by atoms with Crippen molar-refractivity contribution in [3.63, 3.8) is 0 Å². The van der Waals surface area contributed by atoms with E-state index in [2.05, 4.69) is 30.6 Å². The molecule has 160 valence electrons. The van der Waals surface area contributed by atoms with Crippen LogP contribution in [0.15, 0.2) is 53.1 Å². The predicted molar refractivity (Wildman–Crippen MR) is 126 cm³/mol. The Kier molecular flexibility index (Phi) is 7.19. The third kappa shape index (κ3) is 5.56. The minimum Gasteiger partial charge on any atom is -0.325 e. The highest BCUT2D eigenvalue weighted by atomic mass is 32.2. The predicted octanol–water partition coefficient (Wildman–Crippen LogP) is 5.14. The van der Waals surface area contributed by atoms with E-state index in [1.807, 2.05) is 56.3 Å². The molecule has 0 fully saturated rings. The van der Waals surface area contributed by atoms with Crippen molar-refractivity contribution in [2.75, 3.05) is 11.1 Å². The molecule has 2 amide bonds. The smallest absolute Gasteiger partial charge is 0.234 e. The molecule has 2 N–H and O–H groups in total. The molecular formula is C25H27N3O2S. The Bertz CT molecular complexity index is 1070. The summed E-state index contributed by atoms with van der Waals surface area (Å²) >= 11 is 1.19. The summed E-state index contributed by atoms with van der Waals surface area (Å²) in [6, 6.07) is 16.2. The lowest BCUT2D eigenvalue weighted by Gasteiger charge is -2.25. The number of carbonyl (C=O) groups is 2. The summed E-state index contributed by atoms with van der Waals surface area (Å²) in [6.45, 7) is 8.16. The first-order valence-corrected chi connectivity index (χ1v) is 11.3. The summed E-state index contributed by atoms with van der Waals surface area (Å²) in [4.78, 5) is 24.8. The second kappa shape index (κ2) is 9.84. The van der Waals surface area contributed by atoms with Crippen molar-refractivity contribution < 1.29 is 9.59 Å². The van der Waals surface area contributed by atoms with Crippen LogP contribution in [0.25, 0.3) is 0 Å². The fraction of sp³-hybridized carbons (Fsp3) is 0.320. The van der Waals surface area contributed by atoms with Crippen molar-refractivity contribution in [1.82, 2.24) is 5.32 Å². The summed E-state index contributed by atoms with van der Waals surface area (Å²) < 4.78 is 0. The maximum absolute atomic E-state index is 12.5. The van der Waals surface area contributed by atoms with Gasteiger partial charge in [0.1, 0.15) is 0 Å². The summed E-state index contributed by atoms with van der Waals surface area (Å²) in [5.74, 6) is -0.107. The fourth-order valence-electron chi connectivity index (χ4n) is 3.53. The third-order valence-electron chi connectivity index (χ3n) is 5.38. The van der Waals surface area contributed by atoms with Gasteiger partial charge >= 0.3 is 0 Å². The van der Waals surface area contributed by atoms with Crippen LogP contribution in [0.5, 0.6) is 0 Å². The summed E-state index contributed by atoms with van der Waals surface area (Å²) in [6.07, 6.45) is 0.225. The number of allylic oxidation sites excluding steroid dienone is 1. The first-order valence-electron chi connectivity index (χ1n) is 10.3. The number of rotatable bonds is 6. The Hall–Kier alpha value is -3.04. The lowest BCUT2D eigenvalue weighted by Crippen LogP contribution is -2.31. The molecule has 2 aromatic rings. The van der Waals surface area contributed by atoms with E-state index in [0.29, 0.717) is 16.5 Å². The van der Waals surface area contributed by atoms with E-state index >= 15 is 0 Å². The molecule has 2 aromatic carbocycles. The number of aryl methyl sites for hydroxylation is 2. The monoisotopic (exact) mass is 433 g/mol. The molecule has 0 saturated carbocycles. The van der Waals surface area contributed by atoms with Gasteiger partial charge in [-0.2, -0.15) is 5.26 Å². The minimum atomic E-state index is -0.301. The highest BCUT2D eigenvalue weighted by molar-refractivity contribution is 8.03. The van der Waals surface area contributed by atoms with Gasteiger partial charge in [0.2, 0.25) is 11.8 Å². The number of nitrogens with one attached hydrogen (secondary N) is 2. The molecule has 1 aliphatic heterocycles. The first kappa shape index (κ1) is 22.6. The van der Waals surface area contributed by atoms with Gasteiger partial charge in [0.05, 0.1) is 22.4 Å². The van der Waals surface area contributed by atoms with Crippen molar-refractivity contribution in [2.24, 2.45) is 0 Å². The quantitative estimate of drug-likeness (QED) is 0.661. The number of anilines is 1. The second-order valence-electron chi connectivity index (χ2n) is 8.14. The van der Waals surface area contributed by atoms with Crippen LogP contribution < -0.4 is 10.6 Å². The average Bonchev–Trinajstić information content (AvgIpc) is 2.74. The van der Waals surface area contributed by atoms with E-state index in [0.717, 1.165) is 22.4 Å². The Morgan fingerprint density at radius 3 is 2.58 bits per heavy atom. The highest BCUT2D eigenvalue weighted by Gasteiger charge is 2.30. The van der Waals surface area contributed by atoms with Gasteiger partial charge in [-0.25, -0.2) is 0 Å². The molecule has 6 heteroatoms. The van der Waals surface area contributed by atoms with Gasteiger partial charge in [0.25, 0.3) is 0 Å². The molecule has 0 radical (unpaired) electrons. The molecule has 0 saturated heterocycles. The number of amides is 2. The van der Waals surface area contributed by atoms with Crippen molar-refractivity contribution in [3.8, 4) is 6.07 Å². The number of hydrogen-bond acceptors (Lipinski definition) is 4. The van der Waals surface area contributed by atoms with Gasteiger partial charge in [-0.15, -0.1) is 0 Å². The summed E-state index contributed by atoms with van der Waals surface area (Å²) in [5, 5.41) is 16.0. The molecule has 1 atom stereocenters. The van der Waals surface area contributed by atoms with Crippen LogP contribution in [0.3, 0.4) is 0 Å². The van der Waals surface area contributed by atoms with Crippen LogP contribution in [0.1, 0.15) is 54.4 Å². The fourth-order valence-corrected chi connectivity index (χ4v) is 4.40. The zero-order valence-electron chi connectivity index (χ0n) is 18.3. The lowest BCUT2D eigenvalue weighted by molar-refractivity contribution is -0.121. The average molecular weight is 434 g/mol. The number of benzene rings is 2. The standard InChI is InChI=1S/C25H27N3O2S/c1-15(2)18-7-9-19(10-8-18)20-12-23(29)28-25(21(20)13-26)31-14-24(30)27-22-11-16(3)5-6-17(22)4/h5-11,15,20H,12,14H2,1-4H3,(H,27,30)(H,28,29). The molecule has 0 bridgehead atoms. The molecule has 0 spiro atoms. The van der Waals surface area contributed by atoms with Gasteiger partial charge < -0.3 is 10.6 Å². The topological polar surface area (TPSA) is 82.0 Å². The maximum atomic E-state index is 12.5. The normalized spacial score (nSPS) is 16.1. The SMILES string of the molecule is Cc1ccc(C)c(NC(=O)CSC2=C(C#N)C(c3ccc(C(C)C)cc3)CC(=O)N2)c1. The van der Waals surface area contributed by atoms with E-state index in [4.69, 9.17) is 0 Å². The number of nitrogens with zero attached hydrogens (tertiary/aromatic N) is 1. The number of hydrogen-bond donors (Lipinski definition) is 2. The first-order chi connectivity index (χ1) is 14.8. The molecule has 3 rings (SSSR count). The zero-order valence-corrected chi connectivity index (χ0v) is 19.1. The van der Waals surface area contributed by atoms with Crippen LogP contribution in [-0.2, 0) is 9.59 Å². The Labute approximate surface area is 187 Å². The van der Waals surface area contributed by atoms with Crippen LogP contribution in [-0.4, -0.2) is 17.6 Å². The van der Waals surface area contributed by atoms with Gasteiger partial charge in [-0.3, -0.25) is 9.59 Å². The third-order valence-corrected chi connectivity index (χ3v) is 6.39. The van der Waals surface area contributed by atoms with E-state index in [9.17, 15) is 14.9 Å². The van der Waals surface area contributed by atoms with Crippen LogP contribution >= 0.6 is 11.8 Å². The Balaban J connectivity index is 1.76. The molecule has 1 unspecified atom stereocenters. The highest BCUT2D eigenvalue weighted by Crippen LogP contribution is 2.36. The van der Waals surface area contributed by atoms with E-state index in [1.54, 1.807) is 0 Å². The van der Waals surface area contributed by atoms with E-state index < -0.39 is 0 Å². The molecule has 1 aliphatic rings. The van der Waals surface area contributed by atoms with Crippen molar-refractivity contribution in [2.45, 2.75) is 46.0 Å². The lowest BCUT2D eigenvalue weighted by atomic mass is 9.86. The molecule has 5 nitrogen and oxygen atoms in total. The van der Waals surface area contributed by atoms with Gasteiger partial charge in [0.15, 0.2) is 0 Å². The van der Waals surface area contributed by atoms with Crippen molar-refractivity contribution >= 4 is 29.3 Å². The number of nitriles is 1. The largest absolute Gasteiger partial charge is 0.325 e. The maximum Gasteiger partial charge on any atom is 0.234 e. The summed E-state index contributed by atoms with van der Waals surface area (Å²) in [5.41, 5.74) is 5.47. The number of carbonyl (C=O) groups excluding carboxylic acids is 2. The van der Waals surface area contributed by atoms with E-state index in [-0.39, 0.29) is 29.9 Å². The van der Waals surface area contributed by atoms with Crippen LogP contribution in [0.4, 0.5) is 5.69 Å². The molecular weight excluding hydrogens is 406 g/mol. The Morgan fingerprint density at radius 2 is 1.94 bits per heavy atom. The Morgan fingerprint density at radius 1 is 1.23 bits per heavy atom. The minimum absolute atomic E-state index is 0.104. The van der Waals surface area contributed by atoms with Gasteiger partial charge in [-0.1, -0.05) is 62.0 Å². The van der Waals surface area contributed by atoms with Crippen molar-refractivity contribution in [3.05, 3.63) is 75.3 Å². The number of thioether (sulfide) groups is 1.